The summed E-state index contributed by atoms with van der Waals surface area (Å²) >= 11 is 0. The third kappa shape index (κ3) is 3.93. The van der Waals surface area contributed by atoms with E-state index in [9.17, 15) is 9.90 Å². The minimum atomic E-state index is -1.87. The molecule has 0 aromatic heterocycles. The Morgan fingerprint density at radius 3 is 2.47 bits per heavy atom. The average Bonchev–Trinajstić information content (AvgIpc) is 2.58. The highest BCUT2D eigenvalue weighted by atomic mass is 16.8. The summed E-state index contributed by atoms with van der Waals surface area (Å²) in [6.07, 6.45) is 4.28. The molecular weight excluding hydrogens is 248 g/mol. The second kappa shape index (κ2) is 5.12. The van der Waals surface area contributed by atoms with Crippen LogP contribution in [0.5, 0.6) is 0 Å². The minimum absolute atomic E-state index is 0.114. The summed E-state index contributed by atoms with van der Waals surface area (Å²) in [5, 5.41) is 10.5. The zero-order chi connectivity index (χ0) is 14.9. The maximum atomic E-state index is 11.9. The van der Waals surface area contributed by atoms with Crippen LogP contribution in [0.2, 0.25) is 0 Å². The molecule has 2 atom stereocenters. The van der Waals surface area contributed by atoms with E-state index in [4.69, 9.17) is 20.6 Å². The van der Waals surface area contributed by atoms with Crippen molar-refractivity contribution in [2.75, 3.05) is 6.61 Å². The summed E-state index contributed by atoms with van der Waals surface area (Å²) in [5.74, 6) is -0.937. The number of ether oxygens (including phenoxy) is 3. The van der Waals surface area contributed by atoms with Crippen molar-refractivity contribution < 1.29 is 24.1 Å². The lowest BCUT2D eigenvalue weighted by Crippen LogP contribution is -2.49. The first-order chi connectivity index (χ1) is 8.50. The monoisotopic (exact) mass is 270 g/mol. The van der Waals surface area contributed by atoms with E-state index in [1.165, 1.54) is 0 Å². The van der Waals surface area contributed by atoms with E-state index in [1.807, 2.05) is 0 Å². The van der Waals surface area contributed by atoms with Crippen molar-refractivity contribution in [2.45, 2.75) is 58.7 Å². The van der Waals surface area contributed by atoms with Gasteiger partial charge in [0.15, 0.2) is 11.9 Å². The number of esters is 1. The standard InChI is InChI=1S/C14H22O5/c1-7-8-14(16,19-11(15)12(2,3)4)10-9-17-13(5,6)18-10/h1,10,16H,8-9H2,2-6H3/t10-,14?/m1/s1. The van der Waals surface area contributed by atoms with Crippen molar-refractivity contribution in [2.24, 2.45) is 5.41 Å². The van der Waals surface area contributed by atoms with E-state index in [0.717, 1.165) is 0 Å². The largest absolute Gasteiger partial charge is 0.429 e. The molecule has 0 aliphatic carbocycles. The summed E-state index contributed by atoms with van der Waals surface area (Å²) in [6, 6.07) is 0. The summed E-state index contributed by atoms with van der Waals surface area (Å²) in [5.41, 5.74) is -0.739. The van der Waals surface area contributed by atoms with Gasteiger partial charge in [-0.15, -0.1) is 6.42 Å². The Hall–Kier alpha value is -1.09. The maximum absolute atomic E-state index is 11.9. The highest BCUT2D eigenvalue weighted by Crippen LogP contribution is 2.33. The topological polar surface area (TPSA) is 65.0 Å². The Morgan fingerprint density at radius 1 is 1.53 bits per heavy atom. The minimum Gasteiger partial charge on any atom is -0.429 e. The lowest BCUT2D eigenvalue weighted by molar-refractivity contribution is -0.263. The van der Waals surface area contributed by atoms with Gasteiger partial charge in [-0.1, -0.05) is 5.92 Å². The van der Waals surface area contributed by atoms with Crippen LogP contribution in [0.4, 0.5) is 0 Å². The van der Waals surface area contributed by atoms with Crippen LogP contribution in [0.25, 0.3) is 0 Å². The lowest BCUT2D eigenvalue weighted by Gasteiger charge is -2.33. The number of terminal acetylenes is 1. The molecule has 0 aromatic rings. The molecule has 19 heavy (non-hydrogen) atoms. The number of aliphatic hydroxyl groups is 1. The molecule has 0 spiro atoms. The van der Waals surface area contributed by atoms with Crippen LogP contribution in [0.15, 0.2) is 0 Å². The molecule has 5 heteroatoms. The normalized spacial score (nSPS) is 25.4. The summed E-state index contributed by atoms with van der Waals surface area (Å²) < 4.78 is 16.1. The third-order valence-electron chi connectivity index (χ3n) is 2.75. The molecule has 1 N–H and O–H groups in total. The lowest BCUT2D eigenvalue weighted by atomic mass is 9.96. The van der Waals surface area contributed by atoms with Gasteiger partial charge in [-0.05, 0) is 34.6 Å². The molecule has 108 valence electrons. The van der Waals surface area contributed by atoms with Crippen molar-refractivity contribution in [3.8, 4) is 12.3 Å². The van der Waals surface area contributed by atoms with E-state index < -0.39 is 29.1 Å². The summed E-state index contributed by atoms with van der Waals surface area (Å²) in [4.78, 5) is 11.9. The van der Waals surface area contributed by atoms with Crippen molar-refractivity contribution in [1.82, 2.24) is 0 Å². The Balaban J connectivity index is 2.87. The van der Waals surface area contributed by atoms with Gasteiger partial charge < -0.3 is 19.3 Å². The van der Waals surface area contributed by atoms with Gasteiger partial charge in [-0.2, -0.15) is 0 Å². The fraction of sp³-hybridized carbons (Fsp3) is 0.786. The van der Waals surface area contributed by atoms with Crippen LogP contribution in [0.1, 0.15) is 41.0 Å². The number of hydrogen-bond acceptors (Lipinski definition) is 5. The van der Waals surface area contributed by atoms with Crippen molar-refractivity contribution >= 4 is 5.97 Å². The van der Waals surface area contributed by atoms with Crippen molar-refractivity contribution in [3.63, 3.8) is 0 Å². The Bertz CT molecular complexity index is 388. The van der Waals surface area contributed by atoms with Crippen LogP contribution in [0.3, 0.4) is 0 Å². The van der Waals surface area contributed by atoms with Gasteiger partial charge in [0.1, 0.15) is 0 Å². The molecule has 0 aromatic carbocycles. The van der Waals surface area contributed by atoms with E-state index in [-0.39, 0.29) is 13.0 Å². The van der Waals surface area contributed by atoms with Gasteiger partial charge in [-0.25, -0.2) is 0 Å². The smallest absolute Gasteiger partial charge is 0.313 e. The summed E-state index contributed by atoms with van der Waals surface area (Å²) in [7, 11) is 0. The van der Waals surface area contributed by atoms with Gasteiger partial charge in [0.25, 0.3) is 5.79 Å². The second-order valence-electron chi connectivity index (χ2n) is 6.18. The maximum Gasteiger partial charge on any atom is 0.313 e. The van der Waals surface area contributed by atoms with Gasteiger partial charge in [0.05, 0.1) is 18.4 Å². The Morgan fingerprint density at radius 2 is 2.11 bits per heavy atom. The van der Waals surface area contributed by atoms with Crippen molar-refractivity contribution in [1.29, 1.82) is 0 Å². The van der Waals surface area contributed by atoms with Crippen molar-refractivity contribution in [3.05, 3.63) is 0 Å². The summed E-state index contributed by atoms with van der Waals surface area (Å²) in [6.45, 7) is 8.64. The number of rotatable bonds is 3. The average molecular weight is 270 g/mol. The highest BCUT2D eigenvalue weighted by molar-refractivity contribution is 5.75. The molecule has 0 radical (unpaired) electrons. The predicted octanol–water partition coefficient (Wildman–Crippen LogP) is 1.44. The quantitative estimate of drug-likeness (QED) is 0.477. The Kier molecular flexibility index (Phi) is 4.30. The number of hydrogen-bond donors (Lipinski definition) is 1. The Labute approximate surface area is 114 Å². The van der Waals surface area contributed by atoms with Crippen LogP contribution >= 0.6 is 0 Å². The van der Waals surface area contributed by atoms with Gasteiger partial charge in [0, 0.05) is 0 Å². The molecule has 1 unspecified atom stereocenters. The van der Waals surface area contributed by atoms with Crippen LogP contribution in [-0.4, -0.2) is 35.4 Å². The molecule has 0 saturated carbocycles. The van der Waals surface area contributed by atoms with Crippen LogP contribution in [-0.2, 0) is 19.0 Å². The zero-order valence-electron chi connectivity index (χ0n) is 12.1. The fourth-order valence-corrected chi connectivity index (χ4v) is 1.58. The molecule has 1 fully saturated rings. The first-order valence-corrected chi connectivity index (χ1v) is 6.21. The molecule has 1 aliphatic rings. The second-order valence-corrected chi connectivity index (χ2v) is 6.18. The first-order valence-electron chi connectivity index (χ1n) is 6.21. The van der Waals surface area contributed by atoms with E-state index in [1.54, 1.807) is 34.6 Å². The molecular formula is C14H22O5. The molecule has 5 nitrogen and oxygen atoms in total. The van der Waals surface area contributed by atoms with Gasteiger partial charge >= 0.3 is 5.97 Å². The van der Waals surface area contributed by atoms with Gasteiger partial charge in [-0.3, -0.25) is 4.79 Å². The first kappa shape index (κ1) is 16.0. The molecule has 1 heterocycles. The molecule has 1 rings (SSSR count). The number of carbonyl (C=O) groups is 1. The molecule has 0 amide bonds. The molecule has 1 saturated heterocycles. The zero-order valence-corrected chi connectivity index (χ0v) is 12.1. The molecule has 0 bridgehead atoms. The third-order valence-corrected chi connectivity index (χ3v) is 2.75. The van der Waals surface area contributed by atoms with Crippen LogP contribution < -0.4 is 0 Å². The van der Waals surface area contributed by atoms with E-state index in [2.05, 4.69) is 5.92 Å². The predicted molar refractivity (Wildman–Crippen MR) is 68.9 cm³/mol. The SMILES string of the molecule is C#CCC(O)(OC(=O)C(C)(C)C)[C@H]1COC(C)(C)O1. The fourth-order valence-electron chi connectivity index (χ4n) is 1.58. The number of carbonyl (C=O) groups excluding carboxylic acids is 1. The highest BCUT2D eigenvalue weighted by Gasteiger charge is 2.49. The van der Waals surface area contributed by atoms with Crippen LogP contribution in [0, 0.1) is 17.8 Å². The van der Waals surface area contributed by atoms with E-state index >= 15 is 0 Å². The van der Waals surface area contributed by atoms with E-state index in [0.29, 0.717) is 0 Å². The molecule has 1 aliphatic heterocycles. The van der Waals surface area contributed by atoms with Gasteiger partial charge in [0.2, 0.25) is 0 Å².